The molecule has 2 aromatic rings. The van der Waals surface area contributed by atoms with Crippen molar-refractivity contribution in [2.24, 2.45) is 0 Å². The van der Waals surface area contributed by atoms with E-state index < -0.39 is 0 Å². The van der Waals surface area contributed by atoms with E-state index in [2.05, 4.69) is 5.32 Å². The lowest BCUT2D eigenvalue weighted by Gasteiger charge is -2.08. The van der Waals surface area contributed by atoms with Gasteiger partial charge in [-0.1, -0.05) is 24.3 Å². The van der Waals surface area contributed by atoms with Crippen molar-refractivity contribution < 1.29 is 14.6 Å². The van der Waals surface area contributed by atoms with Crippen molar-refractivity contribution in [1.82, 2.24) is 0 Å². The molecule has 0 aromatic heterocycles. The van der Waals surface area contributed by atoms with Gasteiger partial charge in [0.05, 0.1) is 0 Å². The number of amides is 1. The molecule has 2 N–H and O–H groups in total. The molecule has 2 rings (SSSR count). The summed E-state index contributed by atoms with van der Waals surface area (Å²) in [5.74, 6) is 1.29. The first-order chi connectivity index (χ1) is 9.78. The molecule has 0 bridgehead atoms. The molecule has 0 aliphatic rings. The summed E-state index contributed by atoms with van der Waals surface area (Å²) in [4.78, 5) is 11.6. The molecule has 0 aliphatic heterocycles. The molecule has 4 nitrogen and oxygen atoms in total. The first-order valence-electron chi connectivity index (χ1n) is 6.51. The van der Waals surface area contributed by atoms with Crippen LogP contribution in [0.5, 0.6) is 11.5 Å². The van der Waals surface area contributed by atoms with Gasteiger partial charge in [-0.05, 0) is 30.7 Å². The number of ether oxygens (including phenoxy) is 1. The van der Waals surface area contributed by atoms with E-state index in [1.807, 2.05) is 42.5 Å². The molecular weight excluding hydrogens is 254 g/mol. The number of para-hydroxylation sites is 1. The van der Waals surface area contributed by atoms with E-state index in [0.717, 1.165) is 5.75 Å². The van der Waals surface area contributed by atoms with E-state index >= 15 is 0 Å². The Bertz CT molecular complexity index is 555. The van der Waals surface area contributed by atoms with Gasteiger partial charge in [0.15, 0.2) is 0 Å². The Morgan fingerprint density at radius 2 is 1.80 bits per heavy atom. The molecule has 4 heteroatoms. The lowest BCUT2D eigenvalue weighted by atomic mass is 10.2. The average Bonchev–Trinajstić information content (AvgIpc) is 2.46. The highest BCUT2D eigenvalue weighted by atomic mass is 16.5. The molecular formula is C16H17NO3. The van der Waals surface area contributed by atoms with Crippen molar-refractivity contribution in [3.63, 3.8) is 0 Å². The lowest BCUT2D eigenvalue weighted by Crippen LogP contribution is -2.11. The van der Waals surface area contributed by atoms with Crippen LogP contribution in [0.2, 0.25) is 0 Å². The van der Waals surface area contributed by atoms with E-state index in [4.69, 9.17) is 9.84 Å². The molecule has 104 valence electrons. The third-order valence-corrected chi connectivity index (χ3v) is 2.66. The number of aliphatic hydroxyl groups is 1. The molecule has 0 saturated heterocycles. The highest BCUT2D eigenvalue weighted by Crippen LogP contribution is 2.23. The largest absolute Gasteiger partial charge is 0.457 e. The van der Waals surface area contributed by atoms with E-state index in [-0.39, 0.29) is 12.5 Å². The van der Waals surface area contributed by atoms with Crippen LogP contribution in [0.3, 0.4) is 0 Å². The van der Waals surface area contributed by atoms with Crippen LogP contribution in [0, 0.1) is 0 Å². The van der Waals surface area contributed by atoms with Crippen LogP contribution in [0.25, 0.3) is 0 Å². The molecule has 0 atom stereocenters. The molecule has 1 amide bonds. The fraction of sp³-hybridized carbons (Fsp3) is 0.188. The van der Waals surface area contributed by atoms with Gasteiger partial charge in [0.1, 0.15) is 11.5 Å². The number of hydrogen-bond acceptors (Lipinski definition) is 3. The minimum absolute atomic E-state index is 0.0184. The number of anilines is 1. The van der Waals surface area contributed by atoms with Crippen molar-refractivity contribution in [1.29, 1.82) is 0 Å². The Kier molecular flexibility index (Phi) is 5.15. The van der Waals surface area contributed by atoms with Crippen molar-refractivity contribution in [2.75, 3.05) is 11.9 Å². The molecule has 0 fully saturated rings. The number of carbonyl (C=O) groups is 1. The summed E-state index contributed by atoms with van der Waals surface area (Å²) in [6.07, 6.45) is 0.770. The van der Waals surface area contributed by atoms with Crippen LogP contribution >= 0.6 is 0 Å². The zero-order valence-electron chi connectivity index (χ0n) is 11.1. The van der Waals surface area contributed by atoms with Gasteiger partial charge >= 0.3 is 0 Å². The normalized spacial score (nSPS) is 10.1. The lowest BCUT2D eigenvalue weighted by molar-refractivity contribution is -0.116. The second-order valence-electron chi connectivity index (χ2n) is 4.32. The van der Waals surface area contributed by atoms with E-state index in [9.17, 15) is 4.79 Å². The van der Waals surface area contributed by atoms with Crippen LogP contribution in [0.1, 0.15) is 12.8 Å². The first-order valence-corrected chi connectivity index (χ1v) is 6.51. The van der Waals surface area contributed by atoms with E-state index in [0.29, 0.717) is 24.3 Å². The molecule has 0 radical (unpaired) electrons. The summed E-state index contributed by atoms with van der Waals surface area (Å²) in [6, 6.07) is 16.7. The zero-order chi connectivity index (χ0) is 14.2. The Balaban J connectivity index is 1.99. The van der Waals surface area contributed by atoms with Gasteiger partial charge in [-0.15, -0.1) is 0 Å². The third kappa shape index (κ3) is 4.40. The number of aliphatic hydroxyl groups excluding tert-OH is 1. The summed E-state index contributed by atoms with van der Waals surface area (Å²) >= 11 is 0. The number of nitrogens with one attached hydrogen (secondary N) is 1. The van der Waals surface area contributed by atoms with E-state index in [1.54, 1.807) is 12.1 Å². The molecule has 2 aromatic carbocycles. The second kappa shape index (κ2) is 7.31. The fourth-order valence-corrected chi connectivity index (χ4v) is 1.73. The maximum atomic E-state index is 11.6. The van der Waals surface area contributed by atoms with Gasteiger partial charge in [-0.25, -0.2) is 0 Å². The first kappa shape index (κ1) is 14.1. The number of rotatable bonds is 6. The minimum Gasteiger partial charge on any atom is -0.457 e. The summed E-state index contributed by atoms with van der Waals surface area (Å²) in [7, 11) is 0. The Morgan fingerprint density at radius 1 is 1.05 bits per heavy atom. The molecule has 0 spiro atoms. The Hall–Kier alpha value is -2.33. The second-order valence-corrected chi connectivity index (χ2v) is 4.32. The standard InChI is InChI=1S/C16H17NO3/c18-11-5-10-16(19)17-13-6-4-9-15(12-13)20-14-7-2-1-3-8-14/h1-4,6-9,12,18H,5,10-11H2,(H,17,19). The predicted octanol–water partition coefficient (Wildman–Crippen LogP) is 3.19. The van der Waals surface area contributed by atoms with Crippen LogP contribution in [-0.2, 0) is 4.79 Å². The maximum absolute atomic E-state index is 11.6. The van der Waals surface area contributed by atoms with Crippen LogP contribution in [0.4, 0.5) is 5.69 Å². The van der Waals surface area contributed by atoms with Crippen LogP contribution < -0.4 is 10.1 Å². The molecule has 20 heavy (non-hydrogen) atoms. The summed E-state index contributed by atoms with van der Waals surface area (Å²) < 4.78 is 5.69. The SMILES string of the molecule is O=C(CCCO)Nc1cccc(Oc2ccccc2)c1. The topological polar surface area (TPSA) is 58.6 Å². The summed E-state index contributed by atoms with van der Waals surface area (Å²) in [6.45, 7) is 0.0184. The predicted molar refractivity (Wildman–Crippen MR) is 77.9 cm³/mol. The van der Waals surface area contributed by atoms with E-state index in [1.165, 1.54) is 0 Å². The summed E-state index contributed by atoms with van der Waals surface area (Å²) in [5.41, 5.74) is 0.682. The quantitative estimate of drug-likeness (QED) is 0.848. The molecule has 0 aliphatic carbocycles. The monoisotopic (exact) mass is 271 g/mol. The van der Waals surface area contributed by atoms with Gasteiger partial charge in [-0.3, -0.25) is 4.79 Å². The highest BCUT2D eigenvalue weighted by molar-refractivity contribution is 5.90. The Labute approximate surface area is 118 Å². The average molecular weight is 271 g/mol. The third-order valence-electron chi connectivity index (χ3n) is 2.66. The smallest absolute Gasteiger partial charge is 0.224 e. The van der Waals surface area contributed by atoms with Gasteiger partial charge in [0, 0.05) is 24.8 Å². The highest BCUT2D eigenvalue weighted by Gasteiger charge is 2.03. The van der Waals surface area contributed by atoms with Crippen LogP contribution in [0.15, 0.2) is 54.6 Å². The number of carbonyl (C=O) groups excluding carboxylic acids is 1. The van der Waals surface area contributed by atoms with Crippen molar-refractivity contribution >= 4 is 11.6 Å². The molecule has 0 heterocycles. The molecule has 0 saturated carbocycles. The van der Waals surface area contributed by atoms with Crippen LogP contribution in [-0.4, -0.2) is 17.6 Å². The zero-order valence-corrected chi connectivity index (χ0v) is 11.1. The molecule has 0 unspecified atom stereocenters. The van der Waals surface area contributed by atoms with Crippen molar-refractivity contribution in [3.05, 3.63) is 54.6 Å². The fourth-order valence-electron chi connectivity index (χ4n) is 1.73. The number of hydrogen-bond donors (Lipinski definition) is 2. The van der Waals surface area contributed by atoms with Gasteiger partial charge < -0.3 is 15.2 Å². The minimum atomic E-state index is -0.115. The van der Waals surface area contributed by atoms with Gasteiger partial charge in [0.2, 0.25) is 5.91 Å². The summed E-state index contributed by atoms with van der Waals surface area (Å²) in [5, 5.41) is 11.5. The van der Waals surface area contributed by atoms with Gasteiger partial charge in [-0.2, -0.15) is 0 Å². The van der Waals surface area contributed by atoms with Crippen molar-refractivity contribution in [3.8, 4) is 11.5 Å². The maximum Gasteiger partial charge on any atom is 0.224 e. The Morgan fingerprint density at radius 3 is 2.55 bits per heavy atom. The van der Waals surface area contributed by atoms with Gasteiger partial charge in [0.25, 0.3) is 0 Å². The van der Waals surface area contributed by atoms with Crippen molar-refractivity contribution in [2.45, 2.75) is 12.8 Å². The number of benzene rings is 2.